The summed E-state index contributed by atoms with van der Waals surface area (Å²) in [4.78, 5) is 24.2. The molecule has 0 radical (unpaired) electrons. The Morgan fingerprint density at radius 2 is 1.96 bits per heavy atom. The zero-order valence-electron chi connectivity index (χ0n) is 15.4. The molecule has 0 heterocycles. The second-order valence-electron chi connectivity index (χ2n) is 8.01. The van der Waals surface area contributed by atoms with Crippen LogP contribution in [0.25, 0.3) is 0 Å². The number of amides is 2. The van der Waals surface area contributed by atoms with Gasteiger partial charge in [0.15, 0.2) is 0 Å². The molecule has 23 heavy (non-hydrogen) atoms. The van der Waals surface area contributed by atoms with E-state index < -0.39 is 6.04 Å². The predicted octanol–water partition coefficient (Wildman–Crippen LogP) is 3.42. The zero-order valence-corrected chi connectivity index (χ0v) is 15.4. The lowest BCUT2D eigenvalue weighted by atomic mass is 9.67. The van der Waals surface area contributed by atoms with Gasteiger partial charge >= 0.3 is 0 Å². The number of hydrogen-bond donors (Lipinski definition) is 2. The van der Waals surface area contributed by atoms with Crippen molar-refractivity contribution in [2.24, 2.45) is 17.3 Å². The average Bonchev–Trinajstić information content (AvgIpc) is 2.45. The summed E-state index contributed by atoms with van der Waals surface area (Å²) in [6.45, 7) is 14.4. The molecule has 4 heteroatoms. The van der Waals surface area contributed by atoms with E-state index in [1.165, 1.54) is 12.5 Å². The second kappa shape index (κ2) is 8.51. The first-order valence-corrected chi connectivity index (χ1v) is 8.91. The van der Waals surface area contributed by atoms with E-state index >= 15 is 0 Å². The first-order chi connectivity index (χ1) is 10.7. The van der Waals surface area contributed by atoms with E-state index in [0.29, 0.717) is 18.3 Å². The van der Waals surface area contributed by atoms with Gasteiger partial charge in [-0.25, -0.2) is 0 Å². The largest absolute Gasteiger partial charge is 0.352 e. The van der Waals surface area contributed by atoms with Gasteiger partial charge in [-0.15, -0.1) is 0 Å². The van der Waals surface area contributed by atoms with Crippen LogP contribution in [-0.2, 0) is 9.59 Å². The van der Waals surface area contributed by atoms with Crippen LogP contribution >= 0.6 is 0 Å². The van der Waals surface area contributed by atoms with Gasteiger partial charge in [-0.2, -0.15) is 0 Å². The van der Waals surface area contributed by atoms with Crippen LogP contribution < -0.4 is 10.6 Å². The van der Waals surface area contributed by atoms with Crippen molar-refractivity contribution < 1.29 is 9.59 Å². The summed E-state index contributed by atoms with van der Waals surface area (Å²) >= 11 is 0. The number of rotatable bonds is 7. The fourth-order valence-corrected chi connectivity index (χ4v) is 3.40. The minimum Gasteiger partial charge on any atom is -0.352 e. The minimum atomic E-state index is -0.479. The Morgan fingerprint density at radius 3 is 2.48 bits per heavy atom. The van der Waals surface area contributed by atoms with Crippen molar-refractivity contribution in [2.75, 3.05) is 0 Å². The highest BCUT2D eigenvalue weighted by molar-refractivity contribution is 5.92. The van der Waals surface area contributed by atoms with Gasteiger partial charge in [-0.1, -0.05) is 47.6 Å². The summed E-state index contributed by atoms with van der Waals surface area (Å²) in [5.41, 5.74) is 0.286. The van der Waals surface area contributed by atoms with Gasteiger partial charge in [0.1, 0.15) is 6.04 Å². The first kappa shape index (κ1) is 19.7. The summed E-state index contributed by atoms with van der Waals surface area (Å²) in [6.07, 6.45) is 6.27. The molecule has 3 atom stereocenters. The molecule has 0 aromatic carbocycles. The summed E-state index contributed by atoms with van der Waals surface area (Å²) in [7, 11) is 0. The zero-order chi connectivity index (χ0) is 17.6. The molecule has 132 valence electrons. The molecule has 1 rings (SSSR count). The van der Waals surface area contributed by atoms with E-state index in [9.17, 15) is 9.59 Å². The Labute approximate surface area is 141 Å². The van der Waals surface area contributed by atoms with Gasteiger partial charge in [-0.05, 0) is 49.0 Å². The van der Waals surface area contributed by atoms with Crippen molar-refractivity contribution in [3.05, 3.63) is 12.7 Å². The Morgan fingerprint density at radius 1 is 1.30 bits per heavy atom. The molecule has 0 aromatic heterocycles. The van der Waals surface area contributed by atoms with Crippen molar-refractivity contribution in [1.82, 2.24) is 10.6 Å². The normalized spacial score (nSPS) is 26.0. The molecule has 1 aliphatic carbocycles. The van der Waals surface area contributed by atoms with Gasteiger partial charge in [-0.3, -0.25) is 9.59 Å². The van der Waals surface area contributed by atoms with Gasteiger partial charge in [0, 0.05) is 6.04 Å². The molecule has 1 fully saturated rings. The van der Waals surface area contributed by atoms with Gasteiger partial charge in [0.2, 0.25) is 11.8 Å². The van der Waals surface area contributed by atoms with Crippen LogP contribution in [0, 0.1) is 17.3 Å². The van der Waals surface area contributed by atoms with Crippen LogP contribution in [0.3, 0.4) is 0 Å². The third-order valence-corrected chi connectivity index (χ3v) is 5.28. The molecule has 0 saturated heterocycles. The highest BCUT2D eigenvalue weighted by Gasteiger charge is 2.36. The maximum atomic E-state index is 12.6. The number of hydrogen-bond acceptors (Lipinski definition) is 2. The van der Waals surface area contributed by atoms with Crippen LogP contribution in [0.15, 0.2) is 12.7 Å². The molecule has 1 aliphatic rings. The molecule has 1 saturated carbocycles. The van der Waals surface area contributed by atoms with Crippen molar-refractivity contribution in [3.8, 4) is 0 Å². The van der Waals surface area contributed by atoms with Crippen LogP contribution in [0.4, 0.5) is 0 Å². The van der Waals surface area contributed by atoms with E-state index in [1.54, 1.807) is 0 Å². The van der Waals surface area contributed by atoms with Crippen molar-refractivity contribution >= 4 is 11.8 Å². The maximum Gasteiger partial charge on any atom is 0.244 e. The van der Waals surface area contributed by atoms with Crippen LogP contribution in [-0.4, -0.2) is 23.9 Å². The number of carbonyl (C=O) groups is 2. The van der Waals surface area contributed by atoms with E-state index in [4.69, 9.17) is 0 Å². The van der Waals surface area contributed by atoms with Crippen molar-refractivity contribution in [3.63, 3.8) is 0 Å². The summed E-state index contributed by atoms with van der Waals surface area (Å²) in [5.74, 6) is 0.589. The molecule has 0 aliphatic heterocycles. The minimum absolute atomic E-state index is 0.0630. The lowest BCUT2D eigenvalue weighted by molar-refractivity contribution is -0.128. The lowest BCUT2D eigenvalue weighted by Crippen LogP contribution is -2.51. The summed E-state index contributed by atoms with van der Waals surface area (Å²) < 4.78 is 0. The maximum absolute atomic E-state index is 12.6. The summed E-state index contributed by atoms with van der Waals surface area (Å²) in [6, 6.07) is -0.272. The van der Waals surface area contributed by atoms with Crippen molar-refractivity contribution in [1.29, 1.82) is 0 Å². The molecule has 2 unspecified atom stereocenters. The van der Waals surface area contributed by atoms with Crippen LogP contribution in [0.2, 0.25) is 0 Å². The lowest BCUT2D eigenvalue weighted by Gasteiger charge is -2.42. The molecule has 2 N–H and O–H groups in total. The average molecular weight is 322 g/mol. The molecule has 0 aromatic rings. The molecule has 0 spiro atoms. The summed E-state index contributed by atoms with van der Waals surface area (Å²) in [5, 5.41) is 5.94. The quantitative estimate of drug-likeness (QED) is 0.706. The Hall–Kier alpha value is -1.32. The van der Waals surface area contributed by atoms with Gasteiger partial charge in [0.05, 0.1) is 0 Å². The molecule has 0 bridgehead atoms. The first-order valence-electron chi connectivity index (χ1n) is 8.91. The topological polar surface area (TPSA) is 58.2 Å². The molecule has 4 nitrogen and oxygen atoms in total. The fourth-order valence-electron chi connectivity index (χ4n) is 3.40. The van der Waals surface area contributed by atoms with Gasteiger partial charge in [0.25, 0.3) is 0 Å². The highest BCUT2D eigenvalue weighted by atomic mass is 16.2. The second-order valence-corrected chi connectivity index (χ2v) is 8.01. The third kappa shape index (κ3) is 6.00. The van der Waals surface area contributed by atoms with Crippen LogP contribution in [0.5, 0.6) is 0 Å². The fraction of sp³-hybridized carbons (Fsp3) is 0.789. The van der Waals surface area contributed by atoms with Crippen LogP contribution in [0.1, 0.15) is 66.7 Å². The van der Waals surface area contributed by atoms with E-state index in [-0.39, 0.29) is 23.3 Å². The smallest absolute Gasteiger partial charge is 0.244 e. The molecular formula is C19H34N2O2. The van der Waals surface area contributed by atoms with E-state index in [2.05, 4.69) is 51.8 Å². The monoisotopic (exact) mass is 322 g/mol. The van der Waals surface area contributed by atoms with Crippen molar-refractivity contribution in [2.45, 2.75) is 78.8 Å². The van der Waals surface area contributed by atoms with Gasteiger partial charge < -0.3 is 10.6 Å². The van der Waals surface area contributed by atoms with E-state index in [1.807, 2.05) is 0 Å². The predicted molar refractivity (Wildman–Crippen MR) is 94.9 cm³/mol. The Balaban J connectivity index is 2.69. The third-order valence-electron chi connectivity index (χ3n) is 5.28. The molecular weight excluding hydrogens is 288 g/mol. The van der Waals surface area contributed by atoms with E-state index in [0.717, 1.165) is 19.3 Å². The standard InChI is InChI=1S/C19H34N2O2/c1-7-17(22)21-16(11-13(2)3)18(23)20-15-9-8-10-19(6,12-15)14(4)5/h7,13-16H,1,8-12H2,2-6H3,(H,20,23)(H,21,22)/t15?,16-,19?/m0/s1. The Bertz CT molecular complexity index is 431. The highest BCUT2D eigenvalue weighted by Crippen LogP contribution is 2.41. The number of carbonyl (C=O) groups excluding carboxylic acids is 2. The SMILES string of the molecule is C=CC(=O)N[C@@H](CC(C)C)C(=O)NC1CCCC(C)(C(C)C)C1. The number of nitrogens with one attached hydrogen (secondary N) is 2. The Kier molecular flexibility index (Phi) is 7.30. The molecule has 2 amide bonds.